The number of nitrogens with zero attached hydrogens (tertiary/aromatic N) is 3. The van der Waals surface area contributed by atoms with Gasteiger partial charge in [-0.25, -0.2) is 4.98 Å². The minimum atomic E-state index is -0.128. The van der Waals surface area contributed by atoms with Crippen molar-refractivity contribution in [2.75, 3.05) is 13.6 Å². The molecule has 2 rings (SSSR count). The Hall–Kier alpha value is -0.770. The summed E-state index contributed by atoms with van der Waals surface area (Å²) in [6.07, 6.45) is 1.04. The molecular formula is C16H23Cl2N3. The lowest BCUT2D eigenvalue weighted by molar-refractivity contribution is 0.265. The fourth-order valence-corrected chi connectivity index (χ4v) is 2.86. The van der Waals surface area contributed by atoms with E-state index < -0.39 is 0 Å². The lowest BCUT2D eigenvalue weighted by Gasteiger charge is -2.21. The van der Waals surface area contributed by atoms with Gasteiger partial charge in [0.15, 0.2) is 0 Å². The second-order valence-corrected chi connectivity index (χ2v) is 6.83. The summed E-state index contributed by atoms with van der Waals surface area (Å²) >= 11 is 12.6. The first-order valence-corrected chi connectivity index (χ1v) is 8.22. The molecule has 0 fully saturated rings. The summed E-state index contributed by atoms with van der Waals surface area (Å²) in [5, 5.41) is 0.608. The zero-order valence-electron chi connectivity index (χ0n) is 13.1. The molecule has 1 atom stereocenters. The number of fused-ring (bicyclic) bond motifs is 1. The number of halogens is 2. The van der Waals surface area contributed by atoms with Crippen LogP contribution in [0.15, 0.2) is 18.2 Å². The number of imidazole rings is 1. The number of para-hydroxylation sites is 1. The van der Waals surface area contributed by atoms with Gasteiger partial charge in [0, 0.05) is 12.6 Å². The lowest BCUT2D eigenvalue weighted by Crippen LogP contribution is -2.28. The highest BCUT2D eigenvalue weighted by Gasteiger charge is 2.16. The van der Waals surface area contributed by atoms with E-state index in [0.717, 1.165) is 41.4 Å². The van der Waals surface area contributed by atoms with E-state index in [0.29, 0.717) is 6.04 Å². The summed E-state index contributed by atoms with van der Waals surface area (Å²) in [7, 11) is 2.15. The molecule has 0 amide bonds. The van der Waals surface area contributed by atoms with Crippen molar-refractivity contribution in [1.29, 1.82) is 0 Å². The molecule has 5 heteroatoms. The molecule has 0 bridgehead atoms. The van der Waals surface area contributed by atoms with Crippen LogP contribution in [-0.2, 0) is 6.54 Å². The zero-order valence-corrected chi connectivity index (χ0v) is 14.6. The minimum absolute atomic E-state index is 0.128. The Morgan fingerprint density at radius 1 is 1.29 bits per heavy atom. The molecule has 1 heterocycles. The van der Waals surface area contributed by atoms with Crippen molar-refractivity contribution in [3.63, 3.8) is 0 Å². The van der Waals surface area contributed by atoms with Gasteiger partial charge in [0.05, 0.1) is 21.4 Å². The number of aryl methyl sites for hydroxylation is 1. The summed E-state index contributed by atoms with van der Waals surface area (Å²) in [6, 6.07) is 6.38. The number of rotatable bonds is 6. The van der Waals surface area contributed by atoms with E-state index in [9.17, 15) is 0 Å². The van der Waals surface area contributed by atoms with Gasteiger partial charge in [-0.1, -0.05) is 17.7 Å². The Kier molecular flexibility index (Phi) is 5.53. The van der Waals surface area contributed by atoms with Gasteiger partial charge in [-0.3, -0.25) is 0 Å². The highest BCUT2D eigenvalue weighted by atomic mass is 35.5. The molecule has 0 spiro atoms. The molecule has 0 aliphatic heterocycles. The standard InChI is InChI=1S/C16H23Cl2N3/c1-11(2)20(4)9-6-10-21-15-13(18)7-5-8-14(15)19-16(21)12(3)17/h5,7-8,11-12H,6,9-10H2,1-4H3. The molecule has 1 unspecified atom stereocenters. The van der Waals surface area contributed by atoms with E-state index in [1.54, 1.807) is 0 Å². The van der Waals surface area contributed by atoms with Crippen LogP contribution in [0.4, 0.5) is 0 Å². The fourth-order valence-electron chi connectivity index (χ4n) is 2.43. The van der Waals surface area contributed by atoms with Gasteiger partial charge in [0.2, 0.25) is 0 Å². The van der Waals surface area contributed by atoms with Crippen molar-refractivity contribution in [3.05, 3.63) is 29.0 Å². The van der Waals surface area contributed by atoms with E-state index in [4.69, 9.17) is 23.2 Å². The summed E-state index contributed by atoms with van der Waals surface area (Å²) in [5.74, 6) is 0.895. The smallest absolute Gasteiger partial charge is 0.127 e. The number of benzene rings is 1. The van der Waals surface area contributed by atoms with Crippen LogP contribution < -0.4 is 0 Å². The number of hydrogen-bond donors (Lipinski definition) is 0. The molecule has 0 aliphatic rings. The Morgan fingerprint density at radius 2 is 2.00 bits per heavy atom. The van der Waals surface area contributed by atoms with Crippen molar-refractivity contribution in [2.24, 2.45) is 0 Å². The second-order valence-electron chi connectivity index (χ2n) is 5.77. The first-order valence-electron chi connectivity index (χ1n) is 7.40. The van der Waals surface area contributed by atoms with Gasteiger partial charge in [-0.2, -0.15) is 0 Å². The third-order valence-electron chi connectivity index (χ3n) is 3.88. The lowest BCUT2D eigenvalue weighted by atomic mass is 10.3. The molecule has 1 aromatic carbocycles. The van der Waals surface area contributed by atoms with Crippen molar-refractivity contribution in [1.82, 2.24) is 14.5 Å². The zero-order chi connectivity index (χ0) is 15.6. The van der Waals surface area contributed by atoms with Crippen molar-refractivity contribution in [2.45, 2.75) is 45.2 Å². The third kappa shape index (κ3) is 3.71. The maximum absolute atomic E-state index is 6.36. The van der Waals surface area contributed by atoms with Crippen LogP contribution in [0.2, 0.25) is 5.02 Å². The average Bonchev–Trinajstić information content (AvgIpc) is 2.79. The maximum atomic E-state index is 6.36. The van der Waals surface area contributed by atoms with E-state index in [1.165, 1.54) is 0 Å². The summed E-state index contributed by atoms with van der Waals surface area (Å²) in [6.45, 7) is 8.28. The molecular weight excluding hydrogens is 305 g/mol. The first kappa shape index (κ1) is 16.6. The van der Waals surface area contributed by atoms with Gasteiger partial charge in [0.1, 0.15) is 5.82 Å². The Morgan fingerprint density at radius 3 is 2.62 bits per heavy atom. The average molecular weight is 328 g/mol. The molecule has 3 nitrogen and oxygen atoms in total. The molecule has 0 saturated carbocycles. The molecule has 0 radical (unpaired) electrons. The van der Waals surface area contributed by atoms with Crippen molar-refractivity contribution in [3.8, 4) is 0 Å². The van der Waals surface area contributed by atoms with Crippen molar-refractivity contribution >= 4 is 34.2 Å². The number of hydrogen-bond acceptors (Lipinski definition) is 2. The topological polar surface area (TPSA) is 21.1 Å². The molecule has 0 aliphatic carbocycles. The van der Waals surface area contributed by atoms with Crippen LogP contribution in [0, 0.1) is 0 Å². The summed E-state index contributed by atoms with van der Waals surface area (Å²) in [4.78, 5) is 6.98. The highest BCUT2D eigenvalue weighted by molar-refractivity contribution is 6.35. The number of aromatic nitrogens is 2. The van der Waals surface area contributed by atoms with Crippen LogP contribution in [0.5, 0.6) is 0 Å². The maximum Gasteiger partial charge on any atom is 0.127 e. The van der Waals surface area contributed by atoms with Crippen LogP contribution >= 0.6 is 23.2 Å². The molecule has 0 N–H and O–H groups in total. The van der Waals surface area contributed by atoms with Gasteiger partial charge in [-0.15, -0.1) is 11.6 Å². The predicted molar refractivity (Wildman–Crippen MR) is 91.4 cm³/mol. The highest BCUT2D eigenvalue weighted by Crippen LogP contribution is 2.29. The third-order valence-corrected chi connectivity index (χ3v) is 4.38. The minimum Gasteiger partial charge on any atom is -0.325 e. The second kappa shape index (κ2) is 6.99. The Labute approximate surface area is 136 Å². The van der Waals surface area contributed by atoms with E-state index >= 15 is 0 Å². The monoisotopic (exact) mass is 327 g/mol. The Balaban J connectivity index is 2.26. The van der Waals surface area contributed by atoms with Crippen LogP contribution in [0.3, 0.4) is 0 Å². The fraction of sp³-hybridized carbons (Fsp3) is 0.562. The summed E-state index contributed by atoms with van der Waals surface area (Å²) < 4.78 is 2.17. The SMILES string of the molecule is CC(Cl)c1nc2cccc(Cl)c2n1CCCN(C)C(C)C. The Bertz CT molecular complexity index is 605. The largest absolute Gasteiger partial charge is 0.325 e. The molecule has 1 aromatic heterocycles. The predicted octanol–water partition coefficient (Wildman–Crippen LogP) is 4.72. The van der Waals surface area contributed by atoms with Crippen molar-refractivity contribution < 1.29 is 0 Å². The van der Waals surface area contributed by atoms with E-state index in [-0.39, 0.29) is 5.38 Å². The van der Waals surface area contributed by atoms with Gasteiger partial charge < -0.3 is 9.47 Å². The van der Waals surface area contributed by atoms with Gasteiger partial charge >= 0.3 is 0 Å². The van der Waals surface area contributed by atoms with Crippen LogP contribution in [-0.4, -0.2) is 34.1 Å². The van der Waals surface area contributed by atoms with E-state index in [2.05, 4.69) is 35.3 Å². The van der Waals surface area contributed by atoms with Gasteiger partial charge in [-0.05, 0) is 52.9 Å². The van der Waals surface area contributed by atoms with Crippen LogP contribution in [0.25, 0.3) is 11.0 Å². The number of alkyl halides is 1. The molecule has 2 aromatic rings. The molecule has 21 heavy (non-hydrogen) atoms. The quantitative estimate of drug-likeness (QED) is 0.716. The molecule has 0 saturated heterocycles. The normalized spacial score (nSPS) is 13.5. The van der Waals surface area contributed by atoms with Gasteiger partial charge in [0.25, 0.3) is 0 Å². The first-order chi connectivity index (χ1) is 9.91. The van der Waals surface area contributed by atoms with Crippen LogP contribution in [0.1, 0.15) is 38.4 Å². The van der Waals surface area contributed by atoms with E-state index in [1.807, 2.05) is 25.1 Å². The molecule has 116 valence electrons. The summed E-state index contributed by atoms with van der Waals surface area (Å²) in [5.41, 5.74) is 1.91.